The minimum Gasteiger partial charge on any atom is -0.361 e. The van der Waals surface area contributed by atoms with E-state index in [1.807, 2.05) is 45.0 Å². The number of carbonyl (C=O) groups excluding carboxylic acids is 1. The molecule has 0 aliphatic carbocycles. The molecule has 25 heavy (non-hydrogen) atoms. The summed E-state index contributed by atoms with van der Waals surface area (Å²) >= 11 is 0. The molecule has 0 aromatic carbocycles. The fourth-order valence-electron chi connectivity index (χ4n) is 3.20. The van der Waals surface area contributed by atoms with E-state index in [9.17, 15) is 4.79 Å². The van der Waals surface area contributed by atoms with Crippen LogP contribution in [0.15, 0.2) is 12.1 Å². The third-order valence-electron chi connectivity index (χ3n) is 4.57. The smallest absolute Gasteiger partial charge is 0.238 e. The van der Waals surface area contributed by atoms with E-state index in [4.69, 9.17) is 0 Å². The Morgan fingerprint density at radius 1 is 1.36 bits per heavy atom. The lowest BCUT2D eigenvalue weighted by molar-refractivity contribution is -0.117. The molecule has 2 aromatic heterocycles. The second-order valence-corrected chi connectivity index (χ2v) is 6.70. The molecular formula is C17H25N7O. The Morgan fingerprint density at radius 2 is 2.16 bits per heavy atom. The predicted molar refractivity (Wildman–Crippen MR) is 96.6 cm³/mol. The average Bonchev–Trinajstić information content (AvgIpc) is 3.16. The minimum atomic E-state index is -0.0302. The number of amides is 1. The van der Waals surface area contributed by atoms with Crippen molar-refractivity contribution in [2.24, 2.45) is 0 Å². The van der Waals surface area contributed by atoms with Gasteiger partial charge in [-0.2, -0.15) is 10.2 Å². The van der Waals surface area contributed by atoms with Gasteiger partial charge in [0.2, 0.25) is 5.91 Å². The highest BCUT2D eigenvalue weighted by Gasteiger charge is 2.29. The number of H-pyrrole nitrogens is 1. The Morgan fingerprint density at radius 3 is 2.76 bits per heavy atom. The molecule has 134 valence electrons. The van der Waals surface area contributed by atoms with Crippen LogP contribution >= 0.6 is 0 Å². The second kappa shape index (κ2) is 7.18. The first kappa shape index (κ1) is 17.3. The lowest BCUT2D eigenvalue weighted by Crippen LogP contribution is -2.33. The van der Waals surface area contributed by atoms with Crippen molar-refractivity contribution < 1.29 is 4.79 Å². The van der Waals surface area contributed by atoms with Crippen molar-refractivity contribution in [2.45, 2.75) is 32.7 Å². The van der Waals surface area contributed by atoms with Crippen LogP contribution in [0.5, 0.6) is 0 Å². The van der Waals surface area contributed by atoms with Crippen molar-refractivity contribution in [3.05, 3.63) is 29.2 Å². The van der Waals surface area contributed by atoms with Crippen molar-refractivity contribution in [1.82, 2.24) is 25.3 Å². The molecule has 1 fully saturated rings. The summed E-state index contributed by atoms with van der Waals surface area (Å²) in [5.41, 5.74) is 3.37. The maximum Gasteiger partial charge on any atom is 0.238 e. The van der Waals surface area contributed by atoms with Gasteiger partial charge in [-0.05, 0) is 45.4 Å². The fraction of sp³-hybridized carbons (Fsp3) is 0.529. The predicted octanol–water partition coefficient (Wildman–Crippen LogP) is 1.66. The molecule has 2 N–H and O–H groups in total. The fourth-order valence-corrected chi connectivity index (χ4v) is 3.20. The van der Waals surface area contributed by atoms with Gasteiger partial charge in [0.05, 0.1) is 35.4 Å². The number of aromatic nitrogens is 4. The lowest BCUT2D eigenvalue weighted by Gasteiger charge is -2.23. The number of aromatic amines is 1. The molecule has 1 amide bonds. The standard InChI is InChI=1S/C17H25N7O/c1-11-17(12(2)20-19-11)18-16(25)10-24-9-5-6-14(24)13-7-8-15(22-21-13)23(3)4/h7-8,14H,5-6,9-10H2,1-4H3,(H,18,25)(H,19,20). The Hall–Kier alpha value is -2.48. The van der Waals surface area contributed by atoms with Gasteiger partial charge >= 0.3 is 0 Å². The summed E-state index contributed by atoms with van der Waals surface area (Å²) in [4.78, 5) is 16.5. The largest absolute Gasteiger partial charge is 0.361 e. The van der Waals surface area contributed by atoms with E-state index >= 15 is 0 Å². The van der Waals surface area contributed by atoms with E-state index in [1.165, 1.54) is 0 Å². The van der Waals surface area contributed by atoms with Crippen molar-refractivity contribution in [1.29, 1.82) is 0 Å². The molecule has 0 spiro atoms. The van der Waals surface area contributed by atoms with Crippen molar-refractivity contribution in [2.75, 3.05) is 37.4 Å². The normalized spacial score (nSPS) is 17.7. The summed E-state index contributed by atoms with van der Waals surface area (Å²) in [5.74, 6) is 0.800. The van der Waals surface area contributed by atoms with Gasteiger partial charge in [0.15, 0.2) is 5.82 Å². The van der Waals surface area contributed by atoms with E-state index in [-0.39, 0.29) is 11.9 Å². The second-order valence-electron chi connectivity index (χ2n) is 6.70. The molecule has 1 unspecified atom stereocenters. The van der Waals surface area contributed by atoms with E-state index < -0.39 is 0 Å². The molecule has 1 saturated heterocycles. The van der Waals surface area contributed by atoms with Crippen LogP contribution in [0.4, 0.5) is 11.5 Å². The summed E-state index contributed by atoms with van der Waals surface area (Å²) in [6, 6.07) is 4.12. The van der Waals surface area contributed by atoms with Crippen LogP contribution in [0.1, 0.15) is 36.0 Å². The zero-order valence-electron chi connectivity index (χ0n) is 15.2. The van der Waals surface area contributed by atoms with Crippen LogP contribution in [0.3, 0.4) is 0 Å². The van der Waals surface area contributed by atoms with E-state index in [1.54, 1.807) is 0 Å². The zero-order chi connectivity index (χ0) is 18.0. The minimum absolute atomic E-state index is 0.0302. The third kappa shape index (κ3) is 3.79. The van der Waals surface area contributed by atoms with Gasteiger partial charge < -0.3 is 10.2 Å². The van der Waals surface area contributed by atoms with Crippen LogP contribution in [0.25, 0.3) is 0 Å². The van der Waals surface area contributed by atoms with Crippen molar-refractivity contribution in [3.8, 4) is 0 Å². The Balaban J connectivity index is 1.66. The summed E-state index contributed by atoms with van der Waals surface area (Å²) in [7, 11) is 3.88. The molecule has 0 bridgehead atoms. The van der Waals surface area contributed by atoms with Gasteiger partial charge in [-0.3, -0.25) is 14.8 Å². The number of carbonyl (C=O) groups is 1. The van der Waals surface area contributed by atoms with Crippen LogP contribution in [0.2, 0.25) is 0 Å². The van der Waals surface area contributed by atoms with Gasteiger partial charge in [0.1, 0.15) is 0 Å². The van der Waals surface area contributed by atoms with Gasteiger partial charge in [-0.15, -0.1) is 5.10 Å². The molecule has 2 aromatic rings. The maximum absolute atomic E-state index is 12.5. The quantitative estimate of drug-likeness (QED) is 0.858. The SMILES string of the molecule is Cc1n[nH]c(C)c1NC(=O)CN1CCCC1c1ccc(N(C)C)nn1. The number of rotatable bonds is 5. The monoisotopic (exact) mass is 343 g/mol. The molecule has 8 nitrogen and oxygen atoms in total. The van der Waals surface area contributed by atoms with Crippen LogP contribution in [-0.4, -0.2) is 58.4 Å². The highest BCUT2D eigenvalue weighted by atomic mass is 16.2. The maximum atomic E-state index is 12.5. The van der Waals surface area contributed by atoms with E-state index in [2.05, 4.69) is 30.6 Å². The van der Waals surface area contributed by atoms with Crippen LogP contribution < -0.4 is 10.2 Å². The number of likely N-dealkylation sites (tertiary alicyclic amines) is 1. The molecule has 3 heterocycles. The van der Waals surface area contributed by atoms with Gasteiger partial charge in [-0.1, -0.05) is 0 Å². The number of nitrogens with one attached hydrogen (secondary N) is 2. The number of hydrogen-bond acceptors (Lipinski definition) is 6. The van der Waals surface area contributed by atoms with E-state index in [0.717, 1.165) is 48.0 Å². The topological polar surface area (TPSA) is 90.0 Å². The molecule has 0 saturated carbocycles. The number of nitrogens with zero attached hydrogens (tertiary/aromatic N) is 5. The molecule has 1 aliphatic heterocycles. The third-order valence-corrected chi connectivity index (χ3v) is 4.57. The van der Waals surface area contributed by atoms with Gasteiger partial charge in [0, 0.05) is 14.1 Å². The summed E-state index contributed by atoms with van der Waals surface area (Å²) in [6.45, 7) is 5.00. The average molecular weight is 343 g/mol. The van der Waals surface area contributed by atoms with Crippen LogP contribution in [0, 0.1) is 13.8 Å². The zero-order valence-corrected chi connectivity index (χ0v) is 15.2. The molecule has 1 atom stereocenters. The molecule has 3 rings (SSSR count). The molecular weight excluding hydrogens is 318 g/mol. The Bertz CT molecular complexity index is 718. The van der Waals surface area contributed by atoms with Gasteiger partial charge in [0.25, 0.3) is 0 Å². The first-order valence-corrected chi connectivity index (χ1v) is 8.52. The summed E-state index contributed by atoms with van der Waals surface area (Å²) in [5, 5.41) is 18.6. The molecule has 1 aliphatic rings. The Labute approximate surface area is 147 Å². The van der Waals surface area contributed by atoms with Crippen LogP contribution in [-0.2, 0) is 4.79 Å². The first-order valence-electron chi connectivity index (χ1n) is 8.52. The number of anilines is 2. The number of aryl methyl sites for hydroxylation is 2. The van der Waals surface area contributed by atoms with E-state index in [0.29, 0.717) is 6.54 Å². The Kier molecular flexibility index (Phi) is 4.98. The highest BCUT2D eigenvalue weighted by Crippen LogP contribution is 2.30. The summed E-state index contributed by atoms with van der Waals surface area (Å²) < 4.78 is 0. The molecule has 8 heteroatoms. The van der Waals surface area contributed by atoms with Crippen molar-refractivity contribution >= 4 is 17.4 Å². The highest BCUT2D eigenvalue weighted by molar-refractivity contribution is 5.93. The van der Waals surface area contributed by atoms with Gasteiger partial charge in [-0.25, -0.2) is 0 Å². The molecule has 0 radical (unpaired) electrons. The summed E-state index contributed by atoms with van der Waals surface area (Å²) in [6.07, 6.45) is 2.05. The number of hydrogen-bond donors (Lipinski definition) is 2. The van der Waals surface area contributed by atoms with Crippen molar-refractivity contribution in [3.63, 3.8) is 0 Å². The first-order chi connectivity index (χ1) is 12.0. The lowest BCUT2D eigenvalue weighted by atomic mass is 10.1.